The van der Waals surface area contributed by atoms with Crippen LogP contribution in [-0.4, -0.2) is 13.7 Å². The molecule has 0 atom stereocenters. The Morgan fingerprint density at radius 2 is 1.75 bits per heavy atom. The first-order valence-corrected chi connectivity index (χ1v) is 5.94. The average molecular weight is 192 g/mol. The van der Waals surface area contributed by atoms with Gasteiger partial charge in [-0.1, -0.05) is 12.8 Å². The van der Waals surface area contributed by atoms with E-state index in [9.17, 15) is 12.3 Å². The Labute approximate surface area is 72.4 Å². The molecule has 2 rings (SSSR count). The molecule has 0 aromatic heterocycles. The van der Waals surface area contributed by atoms with Crippen LogP contribution in [0.25, 0.3) is 0 Å². The molecule has 0 spiro atoms. The van der Waals surface area contributed by atoms with Crippen LogP contribution in [0.1, 0.15) is 32.1 Å². The normalized spacial score (nSPS) is 36.1. The zero-order chi connectivity index (χ0) is 8.77. The topological polar surface area (TPSA) is 34.1 Å². The van der Waals surface area contributed by atoms with Crippen molar-refractivity contribution in [3.05, 3.63) is 0 Å². The van der Waals surface area contributed by atoms with Gasteiger partial charge in [0, 0.05) is 0 Å². The molecule has 0 saturated heterocycles. The summed E-state index contributed by atoms with van der Waals surface area (Å²) in [4.78, 5) is 0. The van der Waals surface area contributed by atoms with E-state index < -0.39 is 15.5 Å². The molecule has 4 heteroatoms. The van der Waals surface area contributed by atoms with E-state index in [2.05, 4.69) is 0 Å². The molecule has 0 heterocycles. The van der Waals surface area contributed by atoms with Crippen LogP contribution < -0.4 is 0 Å². The van der Waals surface area contributed by atoms with Gasteiger partial charge in [-0.25, -0.2) is 0 Å². The van der Waals surface area contributed by atoms with Crippen LogP contribution in [0, 0.1) is 11.8 Å². The second-order valence-electron chi connectivity index (χ2n) is 4.11. The maximum atomic E-state index is 12.3. The fourth-order valence-corrected chi connectivity index (χ4v) is 2.93. The van der Waals surface area contributed by atoms with E-state index >= 15 is 0 Å². The quantitative estimate of drug-likeness (QED) is 0.640. The third-order valence-corrected chi connectivity index (χ3v) is 4.14. The van der Waals surface area contributed by atoms with Crippen molar-refractivity contribution in [1.29, 1.82) is 0 Å². The van der Waals surface area contributed by atoms with Crippen LogP contribution in [0.4, 0.5) is 3.89 Å². The molecule has 2 fully saturated rings. The van der Waals surface area contributed by atoms with E-state index in [1.165, 1.54) is 12.8 Å². The zero-order valence-corrected chi connectivity index (χ0v) is 7.69. The second kappa shape index (κ2) is 2.69. The molecule has 70 valence electrons. The van der Waals surface area contributed by atoms with E-state index in [0.29, 0.717) is 18.8 Å². The van der Waals surface area contributed by atoms with Crippen molar-refractivity contribution in [3.8, 4) is 0 Å². The van der Waals surface area contributed by atoms with E-state index in [1.54, 1.807) is 0 Å². The van der Waals surface area contributed by atoms with Gasteiger partial charge in [0.15, 0.2) is 0 Å². The van der Waals surface area contributed by atoms with Crippen LogP contribution in [-0.2, 0) is 10.2 Å². The van der Waals surface area contributed by atoms with Gasteiger partial charge in [0.25, 0.3) is 0 Å². The Morgan fingerprint density at radius 3 is 2.17 bits per heavy atom. The fourth-order valence-electron chi connectivity index (χ4n) is 1.92. The Kier molecular flexibility index (Phi) is 1.90. The summed E-state index contributed by atoms with van der Waals surface area (Å²) in [5.74, 6) is 1.33. The first-order chi connectivity index (χ1) is 5.55. The van der Waals surface area contributed by atoms with Crippen LogP contribution in [0.15, 0.2) is 0 Å². The van der Waals surface area contributed by atoms with Gasteiger partial charge in [-0.3, -0.25) is 0 Å². The predicted molar refractivity (Wildman–Crippen MR) is 43.9 cm³/mol. The summed E-state index contributed by atoms with van der Waals surface area (Å²) in [5, 5.41) is -0.666. The Morgan fingerprint density at radius 1 is 1.17 bits per heavy atom. The third-order valence-electron chi connectivity index (χ3n) is 2.95. The monoisotopic (exact) mass is 192 g/mol. The van der Waals surface area contributed by atoms with Crippen molar-refractivity contribution in [2.24, 2.45) is 11.8 Å². The Balaban J connectivity index is 1.75. The fraction of sp³-hybridized carbons (Fsp3) is 1.00. The minimum atomic E-state index is -4.21. The van der Waals surface area contributed by atoms with Crippen LogP contribution in [0.5, 0.6) is 0 Å². The average Bonchev–Trinajstić information content (AvgIpc) is 2.56. The van der Waals surface area contributed by atoms with Gasteiger partial charge >= 0.3 is 10.2 Å². The van der Waals surface area contributed by atoms with Gasteiger partial charge in [0.05, 0.1) is 5.25 Å². The lowest BCUT2D eigenvalue weighted by Gasteiger charge is -2.32. The zero-order valence-electron chi connectivity index (χ0n) is 6.87. The molecular formula is C8H13FO2S. The van der Waals surface area contributed by atoms with E-state index in [4.69, 9.17) is 0 Å². The van der Waals surface area contributed by atoms with E-state index in [-0.39, 0.29) is 0 Å². The molecule has 0 unspecified atom stereocenters. The molecule has 2 saturated carbocycles. The molecule has 2 nitrogen and oxygen atoms in total. The molecule has 0 aromatic rings. The number of hydrogen-bond donors (Lipinski definition) is 0. The number of halogens is 1. The van der Waals surface area contributed by atoms with Gasteiger partial charge in [-0.15, -0.1) is 3.89 Å². The third kappa shape index (κ3) is 1.79. The summed E-state index contributed by atoms with van der Waals surface area (Å²) in [6.45, 7) is 0. The molecule has 0 N–H and O–H groups in total. The largest absolute Gasteiger partial charge is 0.305 e. The Bertz CT molecular complexity index is 263. The van der Waals surface area contributed by atoms with Crippen molar-refractivity contribution < 1.29 is 12.3 Å². The summed E-state index contributed by atoms with van der Waals surface area (Å²) in [6.07, 6.45) is 4.85. The molecule has 0 aromatic carbocycles. The first kappa shape index (κ1) is 8.48. The van der Waals surface area contributed by atoms with Gasteiger partial charge in [0.2, 0.25) is 0 Å². The highest BCUT2D eigenvalue weighted by Crippen LogP contribution is 2.44. The highest BCUT2D eigenvalue weighted by Gasteiger charge is 2.40. The maximum absolute atomic E-state index is 12.3. The first-order valence-electron chi connectivity index (χ1n) is 4.49. The summed E-state index contributed by atoms with van der Waals surface area (Å²) in [7, 11) is -4.21. The number of rotatable bonds is 3. The van der Waals surface area contributed by atoms with Crippen molar-refractivity contribution in [1.82, 2.24) is 0 Å². The molecule has 0 amide bonds. The minimum Gasteiger partial charge on any atom is -0.195 e. The molecule has 2 aliphatic carbocycles. The SMILES string of the molecule is O=S(=O)(F)C1CC(CC2CC2)C1. The molecule has 0 aliphatic heterocycles. The minimum absolute atomic E-state index is 0.494. The van der Waals surface area contributed by atoms with Crippen molar-refractivity contribution >= 4 is 10.2 Å². The van der Waals surface area contributed by atoms with Gasteiger partial charge < -0.3 is 0 Å². The van der Waals surface area contributed by atoms with Crippen LogP contribution in [0.2, 0.25) is 0 Å². The maximum Gasteiger partial charge on any atom is 0.305 e. The molecule has 2 aliphatic rings. The van der Waals surface area contributed by atoms with E-state index in [0.717, 1.165) is 12.3 Å². The van der Waals surface area contributed by atoms with Crippen LogP contribution >= 0.6 is 0 Å². The van der Waals surface area contributed by atoms with Gasteiger partial charge in [-0.2, -0.15) is 8.42 Å². The molecule has 0 bridgehead atoms. The van der Waals surface area contributed by atoms with E-state index in [1.807, 2.05) is 0 Å². The lowest BCUT2D eigenvalue weighted by atomic mass is 9.81. The van der Waals surface area contributed by atoms with Gasteiger partial charge in [-0.05, 0) is 31.1 Å². The summed E-state index contributed by atoms with van der Waals surface area (Å²) < 4.78 is 33.1. The standard InChI is InChI=1S/C8H13FO2S/c9-12(10,11)8-4-7(5-8)3-6-1-2-6/h6-8H,1-5H2. The lowest BCUT2D eigenvalue weighted by Crippen LogP contribution is -2.33. The van der Waals surface area contributed by atoms with Crippen molar-refractivity contribution in [3.63, 3.8) is 0 Å². The molecule has 0 radical (unpaired) electrons. The summed E-state index contributed by atoms with van der Waals surface area (Å²) in [5.41, 5.74) is 0. The van der Waals surface area contributed by atoms with Crippen molar-refractivity contribution in [2.75, 3.05) is 0 Å². The van der Waals surface area contributed by atoms with Crippen molar-refractivity contribution in [2.45, 2.75) is 37.4 Å². The summed E-state index contributed by atoms with van der Waals surface area (Å²) in [6, 6.07) is 0. The highest BCUT2D eigenvalue weighted by atomic mass is 32.3. The molecule has 12 heavy (non-hydrogen) atoms. The predicted octanol–water partition coefficient (Wildman–Crippen LogP) is 1.86. The second-order valence-corrected chi connectivity index (χ2v) is 5.73. The number of hydrogen-bond acceptors (Lipinski definition) is 2. The Hall–Kier alpha value is -0.120. The molecular weight excluding hydrogens is 179 g/mol. The highest BCUT2D eigenvalue weighted by molar-refractivity contribution is 7.87. The smallest absolute Gasteiger partial charge is 0.195 e. The van der Waals surface area contributed by atoms with Gasteiger partial charge in [0.1, 0.15) is 0 Å². The lowest BCUT2D eigenvalue weighted by molar-refractivity contribution is 0.278. The van der Waals surface area contributed by atoms with Crippen LogP contribution in [0.3, 0.4) is 0 Å². The summed E-state index contributed by atoms with van der Waals surface area (Å²) >= 11 is 0.